The quantitative estimate of drug-likeness (QED) is 0.811. The number of aromatic nitrogens is 2. The van der Waals surface area contributed by atoms with Crippen molar-refractivity contribution in [3.63, 3.8) is 0 Å². The van der Waals surface area contributed by atoms with Crippen LogP contribution >= 0.6 is 0 Å². The number of para-hydroxylation sites is 1. The summed E-state index contributed by atoms with van der Waals surface area (Å²) in [5, 5.41) is 13.3. The molecule has 0 saturated carbocycles. The van der Waals surface area contributed by atoms with Gasteiger partial charge in [-0.1, -0.05) is 25.5 Å². The summed E-state index contributed by atoms with van der Waals surface area (Å²) in [4.78, 5) is 11.2. The smallest absolute Gasteiger partial charge is 0.224 e. The third-order valence-corrected chi connectivity index (χ3v) is 3.26. The van der Waals surface area contributed by atoms with Crippen molar-refractivity contribution in [2.24, 2.45) is 0 Å². The number of anilines is 2. The summed E-state index contributed by atoms with van der Waals surface area (Å²) < 4.78 is 0. The molecule has 2 aromatic rings. The SMILES string of the molecule is CCCCN(CCO)c1nc(NC)nc2ccccc12. The summed E-state index contributed by atoms with van der Waals surface area (Å²) in [7, 11) is 1.82. The molecular weight excluding hydrogens is 252 g/mol. The lowest BCUT2D eigenvalue weighted by molar-refractivity contribution is 0.301. The average Bonchev–Trinajstić information content (AvgIpc) is 2.50. The Bertz CT molecular complexity index is 559. The highest BCUT2D eigenvalue weighted by molar-refractivity contribution is 5.90. The molecule has 1 aromatic heterocycles. The lowest BCUT2D eigenvalue weighted by Gasteiger charge is -2.24. The van der Waals surface area contributed by atoms with E-state index in [-0.39, 0.29) is 6.61 Å². The maximum Gasteiger partial charge on any atom is 0.224 e. The van der Waals surface area contributed by atoms with Crippen molar-refractivity contribution in [3.8, 4) is 0 Å². The number of aliphatic hydroxyl groups excluding tert-OH is 1. The Morgan fingerprint density at radius 2 is 2.00 bits per heavy atom. The second-order valence-corrected chi connectivity index (χ2v) is 4.70. The first-order valence-corrected chi connectivity index (χ1v) is 7.10. The van der Waals surface area contributed by atoms with Gasteiger partial charge in [0.2, 0.25) is 5.95 Å². The summed E-state index contributed by atoms with van der Waals surface area (Å²) >= 11 is 0. The fourth-order valence-corrected chi connectivity index (χ4v) is 2.21. The first kappa shape index (κ1) is 14.5. The largest absolute Gasteiger partial charge is 0.395 e. The van der Waals surface area contributed by atoms with Gasteiger partial charge < -0.3 is 15.3 Å². The number of unbranched alkanes of at least 4 members (excludes halogenated alkanes) is 1. The molecule has 0 radical (unpaired) electrons. The molecule has 5 nitrogen and oxygen atoms in total. The molecule has 0 amide bonds. The molecule has 0 aliphatic carbocycles. The van der Waals surface area contributed by atoms with Crippen molar-refractivity contribution in [2.75, 3.05) is 37.0 Å². The highest BCUT2D eigenvalue weighted by atomic mass is 16.3. The van der Waals surface area contributed by atoms with Crippen LogP contribution in [0.3, 0.4) is 0 Å². The minimum Gasteiger partial charge on any atom is -0.395 e. The monoisotopic (exact) mass is 274 g/mol. The number of nitrogens with zero attached hydrogens (tertiary/aromatic N) is 3. The van der Waals surface area contributed by atoms with Gasteiger partial charge in [-0.3, -0.25) is 0 Å². The van der Waals surface area contributed by atoms with Gasteiger partial charge in [-0.25, -0.2) is 4.98 Å². The van der Waals surface area contributed by atoms with E-state index in [4.69, 9.17) is 0 Å². The number of hydrogen-bond acceptors (Lipinski definition) is 5. The molecule has 20 heavy (non-hydrogen) atoms. The molecule has 1 aromatic carbocycles. The summed E-state index contributed by atoms with van der Waals surface area (Å²) in [5.41, 5.74) is 0.918. The topological polar surface area (TPSA) is 61.3 Å². The number of fused-ring (bicyclic) bond motifs is 1. The van der Waals surface area contributed by atoms with Gasteiger partial charge in [0.05, 0.1) is 12.1 Å². The van der Waals surface area contributed by atoms with Crippen molar-refractivity contribution < 1.29 is 5.11 Å². The Balaban J connectivity index is 2.47. The van der Waals surface area contributed by atoms with Gasteiger partial charge >= 0.3 is 0 Å². The van der Waals surface area contributed by atoms with Gasteiger partial charge in [0.15, 0.2) is 0 Å². The van der Waals surface area contributed by atoms with E-state index in [1.54, 1.807) is 0 Å². The maximum atomic E-state index is 9.30. The van der Waals surface area contributed by atoms with Crippen LogP contribution in [0.1, 0.15) is 19.8 Å². The molecule has 1 heterocycles. The zero-order valence-electron chi connectivity index (χ0n) is 12.1. The van der Waals surface area contributed by atoms with Crippen LogP contribution in [0.15, 0.2) is 24.3 Å². The molecular formula is C15H22N4O. The third-order valence-electron chi connectivity index (χ3n) is 3.26. The molecule has 0 bridgehead atoms. The molecule has 5 heteroatoms. The second-order valence-electron chi connectivity index (χ2n) is 4.70. The number of benzene rings is 1. The highest BCUT2D eigenvalue weighted by Gasteiger charge is 2.13. The van der Waals surface area contributed by atoms with Crippen LogP contribution in [-0.2, 0) is 0 Å². The van der Waals surface area contributed by atoms with Gasteiger partial charge in [-0.2, -0.15) is 4.98 Å². The van der Waals surface area contributed by atoms with Crippen LogP contribution in [0.4, 0.5) is 11.8 Å². The van der Waals surface area contributed by atoms with Crippen LogP contribution < -0.4 is 10.2 Å². The predicted molar refractivity (Wildman–Crippen MR) is 83.3 cm³/mol. The zero-order valence-corrected chi connectivity index (χ0v) is 12.1. The molecule has 0 aliphatic heterocycles. The Hall–Kier alpha value is -1.88. The van der Waals surface area contributed by atoms with E-state index in [2.05, 4.69) is 27.1 Å². The summed E-state index contributed by atoms with van der Waals surface area (Å²) in [5.74, 6) is 1.50. The second kappa shape index (κ2) is 7.05. The first-order valence-electron chi connectivity index (χ1n) is 7.10. The Kier molecular flexibility index (Phi) is 5.12. The predicted octanol–water partition coefficient (Wildman–Crippen LogP) is 2.27. The molecule has 0 aliphatic rings. The fourth-order valence-electron chi connectivity index (χ4n) is 2.21. The van der Waals surface area contributed by atoms with Crippen molar-refractivity contribution in [3.05, 3.63) is 24.3 Å². The van der Waals surface area contributed by atoms with Crippen LogP contribution in [-0.4, -0.2) is 41.8 Å². The van der Waals surface area contributed by atoms with Crippen LogP contribution in [0.2, 0.25) is 0 Å². The van der Waals surface area contributed by atoms with E-state index in [9.17, 15) is 5.11 Å². The molecule has 2 rings (SSSR count). The summed E-state index contributed by atoms with van der Waals surface area (Å²) in [6, 6.07) is 7.98. The standard InChI is InChI=1S/C15H22N4O/c1-3-4-9-19(10-11-20)14-12-7-5-6-8-13(12)17-15(16-2)18-14/h5-8,20H,3-4,9-11H2,1-2H3,(H,16,17,18). The summed E-state index contributed by atoms with van der Waals surface area (Å²) in [6.45, 7) is 3.76. The van der Waals surface area contributed by atoms with Gasteiger partial charge in [0.1, 0.15) is 5.82 Å². The normalized spacial score (nSPS) is 10.8. The maximum absolute atomic E-state index is 9.30. The van der Waals surface area contributed by atoms with Crippen LogP contribution in [0, 0.1) is 0 Å². The van der Waals surface area contributed by atoms with Crippen molar-refractivity contribution in [1.82, 2.24) is 9.97 Å². The van der Waals surface area contributed by atoms with E-state index in [1.807, 2.05) is 31.3 Å². The lowest BCUT2D eigenvalue weighted by Crippen LogP contribution is -2.29. The van der Waals surface area contributed by atoms with Gasteiger partial charge in [0, 0.05) is 25.5 Å². The Morgan fingerprint density at radius 1 is 1.20 bits per heavy atom. The van der Waals surface area contributed by atoms with Crippen molar-refractivity contribution >= 4 is 22.7 Å². The van der Waals surface area contributed by atoms with E-state index in [0.717, 1.165) is 36.1 Å². The lowest BCUT2D eigenvalue weighted by atomic mass is 10.2. The van der Waals surface area contributed by atoms with Gasteiger partial charge in [-0.05, 0) is 18.6 Å². The number of hydrogen-bond donors (Lipinski definition) is 2. The summed E-state index contributed by atoms with van der Waals surface area (Å²) in [6.07, 6.45) is 2.19. The van der Waals surface area contributed by atoms with Gasteiger partial charge in [0.25, 0.3) is 0 Å². The molecule has 0 atom stereocenters. The van der Waals surface area contributed by atoms with E-state index in [1.165, 1.54) is 0 Å². The minimum absolute atomic E-state index is 0.122. The molecule has 0 saturated heterocycles. The number of nitrogens with one attached hydrogen (secondary N) is 1. The van der Waals surface area contributed by atoms with Crippen LogP contribution in [0.25, 0.3) is 10.9 Å². The zero-order chi connectivity index (χ0) is 14.4. The highest BCUT2D eigenvalue weighted by Crippen LogP contribution is 2.25. The first-order chi connectivity index (χ1) is 9.80. The number of aliphatic hydroxyl groups is 1. The number of rotatable bonds is 7. The Morgan fingerprint density at radius 3 is 2.70 bits per heavy atom. The van der Waals surface area contributed by atoms with Crippen LogP contribution in [0.5, 0.6) is 0 Å². The van der Waals surface area contributed by atoms with Crippen molar-refractivity contribution in [1.29, 1.82) is 0 Å². The van der Waals surface area contributed by atoms with E-state index < -0.39 is 0 Å². The Labute approximate surface area is 119 Å². The fraction of sp³-hybridized carbons (Fsp3) is 0.467. The minimum atomic E-state index is 0.122. The average molecular weight is 274 g/mol. The molecule has 108 valence electrons. The molecule has 2 N–H and O–H groups in total. The van der Waals surface area contributed by atoms with Gasteiger partial charge in [-0.15, -0.1) is 0 Å². The molecule has 0 unspecified atom stereocenters. The van der Waals surface area contributed by atoms with E-state index >= 15 is 0 Å². The molecule has 0 fully saturated rings. The molecule has 0 spiro atoms. The third kappa shape index (κ3) is 3.17. The van der Waals surface area contributed by atoms with Crippen molar-refractivity contribution in [2.45, 2.75) is 19.8 Å². The van der Waals surface area contributed by atoms with E-state index in [0.29, 0.717) is 12.5 Å².